The average molecular weight is 283 g/mol. The topological polar surface area (TPSA) is 58.6 Å². The number of ether oxygens (including phenoxy) is 1. The number of rotatable bonds is 10. The Hall–Kier alpha value is -1.62. The first kappa shape index (κ1) is 16.4. The van der Waals surface area contributed by atoms with Crippen molar-refractivity contribution in [3.63, 3.8) is 0 Å². The van der Waals surface area contributed by atoms with Crippen LogP contribution in [0.4, 0.5) is 4.39 Å². The molecular formula is C15H22FNO3. The first-order valence-corrected chi connectivity index (χ1v) is 6.98. The monoisotopic (exact) mass is 283 g/mol. The molecule has 1 aromatic rings. The van der Waals surface area contributed by atoms with Crippen molar-refractivity contribution in [2.45, 2.75) is 32.1 Å². The molecule has 0 aromatic heterocycles. The van der Waals surface area contributed by atoms with Crippen molar-refractivity contribution in [2.75, 3.05) is 19.8 Å². The highest BCUT2D eigenvalue weighted by molar-refractivity contribution is 5.75. The summed E-state index contributed by atoms with van der Waals surface area (Å²) in [5, 5.41) is 11.4. The minimum absolute atomic E-state index is 0.0470. The molecule has 0 unspecified atom stereocenters. The Morgan fingerprint density at radius 3 is 2.55 bits per heavy atom. The molecular weight excluding hydrogens is 261 g/mol. The lowest BCUT2D eigenvalue weighted by Gasteiger charge is -2.07. The number of nitrogens with one attached hydrogen (secondary N) is 1. The maximum absolute atomic E-state index is 12.7. The third kappa shape index (κ3) is 7.74. The fourth-order valence-electron chi connectivity index (χ4n) is 1.70. The quantitative estimate of drug-likeness (QED) is 0.648. The molecule has 2 N–H and O–H groups in total. The maximum atomic E-state index is 12.7. The van der Waals surface area contributed by atoms with Crippen LogP contribution >= 0.6 is 0 Å². The van der Waals surface area contributed by atoms with E-state index < -0.39 is 0 Å². The van der Waals surface area contributed by atoms with Crippen molar-refractivity contribution in [3.8, 4) is 5.75 Å². The average Bonchev–Trinajstić information content (AvgIpc) is 2.45. The molecule has 0 heterocycles. The molecule has 0 fully saturated rings. The highest BCUT2D eigenvalue weighted by atomic mass is 19.1. The SMILES string of the molecule is O=C(CCOc1ccc(F)cc1)NCCCCCCO. The number of hydrogen-bond donors (Lipinski definition) is 2. The molecule has 112 valence electrons. The molecule has 1 amide bonds. The van der Waals surface area contributed by atoms with Gasteiger partial charge in [0.25, 0.3) is 0 Å². The number of aliphatic hydroxyl groups is 1. The minimum atomic E-state index is -0.309. The van der Waals surface area contributed by atoms with Crippen molar-refractivity contribution in [2.24, 2.45) is 0 Å². The van der Waals surface area contributed by atoms with E-state index >= 15 is 0 Å². The first-order chi connectivity index (χ1) is 9.72. The summed E-state index contributed by atoms with van der Waals surface area (Å²) >= 11 is 0. The second kappa shape index (κ2) is 10.2. The molecule has 0 aliphatic rings. The van der Waals surface area contributed by atoms with Gasteiger partial charge in [0.1, 0.15) is 11.6 Å². The molecule has 0 saturated heterocycles. The Balaban J connectivity index is 2.01. The predicted octanol–water partition coefficient (Wildman–Crippen LogP) is 2.26. The Bertz CT molecular complexity index is 381. The third-order valence-corrected chi connectivity index (χ3v) is 2.82. The van der Waals surface area contributed by atoms with Crippen LogP contribution in [0.25, 0.3) is 0 Å². The molecule has 0 aliphatic heterocycles. The van der Waals surface area contributed by atoms with E-state index in [1.165, 1.54) is 24.3 Å². The Morgan fingerprint density at radius 2 is 1.85 bits per heavy atom. The van der Waals surface area contributed by atoms with Crippen molar-refractivity contribution in [1.82, 2.24) is 5.32 Å². The zero-order valence-corrected chi connectivity index (χ0v) is 11.6. The van der Waals surface area contributed by atoms with Gasteiger partial charge in [-0.15, -0.1) is 0 Å². The van der Waals surface area contributed by atoms with Gasteiger partial charge in [0.15, 0.2) is 0 Å². The lowest BCUT2D eigenvalue weighted by atomic mass is 10.2. The van der Waals surface area contributed by atoms with Crippen LogP contribution in [0.15, 0.2) is 24.3 Å². The molecule has 20 heavy (non-hydrogen) atoms. The number of benzene rings is 1. The molecule has 0 spiro atoms. The Labute approximate surface area is 119 Å². The normalized spacial score (nSPS) is 10.3. The Kier molecular flexibility index (Phi) is 8.38. The van der Waals surface area contributed by atoms with E-state index in [1.54, 1.807) is 0 Å². The zero-order valence-electron chi connectivity index (χ0n) is 11.6. The van der Waals surface area contributed by atoms with Crippen molar-refractivity contribution in [3.05, 3.63) is 30.1 Å². The first-order valence-electron chi connectivity index (χ1n) is 6.98. The van der Waals surface area contributed by atoms with Crippen LogP contribution in [0.5, 0.6) is 5.75 Å². The van der Waals surface area contributed by atoms with Gasteiger partial charge in [-0.2, -0.15) is 0 Å². The molecule has 0 aliphatic carbocycles. The van der Waals surface area contributed by atoms with Gasteiger partial charge in [0.2, 0.25) is 5.91 Å². The number of carbonyl (C=O) groups excluding carboxylic acids is 1. The summed E-state index contributed by atoms with van der Waals surface area (Å²) in [6.45, 7) is 1.16. The fraction of sp³-hybridized carbons (Fsp3) is 0.533. The molecule has 0 atom stereocenters. The van der Waals surface area contributed by atoms with E-state index in [1.807, 2.05) is 0 Å². The van der Waals surface area contributed by atoms with Crippen LogP contribution in [0.2, 0.25) is 0 Å². The summed E-state index contributed by atoms with van der Waals surface area (Å²) in [7, 11) is 0. The standard InChI is InChI=1S/C15H22FNO3/c16-13-5-7-14(8-6-13)20-12-9-15(19)17-10-3-1-2-4-11-18/h5-8,18H,1-4,9-12H2,(H,17,19). The molecule has 1 rings (SSSR count). The smallest absolute Gasteiger partial charge is 0.223 e. The van der Waals surface area contributed by atoms with Gasteiger partial charge >= 0.3 is 0 Å². The molecule has 0 radical (unpaired) electrons. The summed E-state index contributed by atoms with van der Waals surface area (Å²) < 4.78 is 18.0. The number of unbranched alkanes of at least 4 members (excludes halogenated alkanes) is 3. The van der Waals surface area contributed by atoms with Crippen molar-refractivity contribution < 1.29 is 19.0 Å². The molecule has 0 saturated carbocycles. The van der Waals surface area contributed by atoms with E-state index in [2.05, 4.69) is 5.32 Å². The highest BCUT2D eigenvalue weighted by Gasteiger charge is 2.01. The van der Waals surface area contributed by atoms with Gasteiger partial charge in [-0.05, 0) is 37.1 Å². The summed E-state index contributed by atoms with van der Waals surface area (Å²) in [6.07, 6.45) is 4.02. The highest BCUT2D eigenvalue weighted by Crippen LogP contribution is 2.11. The van der Waals surface area contributed by atoms with Crippen LogP contribution in [-0.4, -0.2) is 30.8 Å². The summed E-state index contributed by atoms with van der Waals surface area (Å²) in [5.41, 5.74) is 0. The van der Waals surface area contributed by atoms with Crippen LogP contribution < -0.4 is 10.1 Å². The number of carbonyl (C=O) groups is 1. The second-order valence-corrected chi connectivity index (χ2v) is 4.54. The van der Waals surface area contributed by atoms with Crippen molar-refractivity contribution in [1.29, 1.82) is 0 Å². The maximum Gasteiger partial charge on any atom is 0.223 e. The van der Waals surface area contributed by atoms with Gasteiger partial charge in [0.05, 0.1) is 13.0 Å². The Morgan fingerprint density at radius 1 is 1.15 bits per heavy atom. The number of halogens is 1. The van der Waals surface area contributed by atoms with Gasteiger partial charge in [-0.1, -0.05) is 12.8 Å². The largest absolute Gasteiger partial charge is 0.493 e. The molecule has 1 aromatic carbocycles. The lowest BCUT2D eigenvalue weighted by Crippen LogP contribution is -2.25. The van der Waals surface area contributed by atoms with E-state index in [0.717, 1.165) is 25.7 Å². The summed E-state index contributed by atoms with van der Waals surface area (Å²) in [4.78, 5) is 11.5. The van der Waals surface area contributed by atoms with Gasteiger partial charge in [-0.3, -0.25) is 4.79 Å². The summed E-state index contributed by atoms with van der Waals surface area (Å²) in [6, 6.07) is 5.71. The lowest BCUT2D eigenvalue weighted by molar-refractivity contribution is -0.121. The van der Waals surface area contributed by atoms with Crippen LogP contribution in [0.3, 0.4) is 0 Å². The number of aliphatic hydroxyl groups excluding tert-OH is 1. The molecule has 4 nitrogen and oxygen atoms in total. The van der Waals surface area contributed by atoms with Gasteiger partial charge in [-0.25, -0.2) is 4.39 Å². The third-order valence-electron chi connectivity index (χ3n) is 2.82. The van der Waals surface area contributed by atoms with Crippen LogP contribution in [0.1, 0.15) is 32.1 Å². The zero-order chi connectivity index (χ0) is 14.6. The number of hydrogen-bond acceptors (Lipinski definition) is 3. The second-order valence-electron chi connectivity index (χ2n) is 4.54. The van der Waals surface area contributed by atoms with E-state index in [4.69, 9.17) is 9.84 Å². The molecule has 0 bridgehead atoms. The predicted molar refractivity (Wildman–Crippen MR) is 75.1 cm³/mol. The van der Waals surface area contributed by atoms with Gasteiger partial charge < -0.3 is 15.2 Å². The number of amides is 1. The van der Waals surface area contributed by atoms with E-state index in [9.17, 15) is 9.18 Å². The molecule has 5 heteroatoms. The van der Waals surface area contributed by atoms with Gasteiger partial charge in [0, 0.05) is 13.2 Å². The van der Waals surface area contributed by atoms with Crippen LogP contribution in [-0.2, 0) is 4.79 Å². The fourth-order valence-corrected chi connectivity index (χ4v) is 1.70. The van der Waals surface area contributed by atoms with E-state index in [0.29, 0.717) is 12.3 Å². The van der Waals surface area contributed by atoms with E-state index in [-0.39, 0.29) is 31.4 Å². The summed E-state index contributed by atoms with van der Waals surface area (Å²) in [5.74, 6) is 0.203. The minimum Gasteiger partial charge on any atom is -0.493 e. The van der Waals surface area contributed by atoms with Crippen molar-refractivity contribution >= 4 is 5.91 Å². The van der Waals surface area contributed by atoms with Crippen LogP contribution in [0, 0.1) is 5.82 Å².